The number of benzene rings is 2. The van der Waals surface area contributed by atoms with E-state index in [1.54, 1.807) is 0 Å². The molecule has 12 nitrogen and oxygen atoms in total. The standard InChI is InChI=1S/C21H23N5O3.CH4O4S/c1-26-16-10-4-2-7-13(16)18(14-8-3-5-11-17(14)26)19(27)25-15(20(28)29)9-6-12-24-21(22)23;1-5-6(2,3)4/h2-5,7-8,10-11,15H,6,9,12H2,1H3,(H5-,22,23,24,25,27,28,29);1H3,(H,2,3,4). The summed E-state index contributed by atoms with van der Waals surface area (Å²) >= 11 is 0. The molecule has 2 aromatic carbocycles. The van der Waals surface area contributed by atoms with Gasteiger partial charge in [-0.15, -0.1) is 0 Å². The van der Waals surface area contributed by atoms with Crippen LogP contribution >= 0.6 is 0 Å². The lowest BCUT2D eigenvalue weighted by Crippen LogP contribution is -2.41. The number of pyridine rings is 1. The van der Waals surface area contributed by atoms with Crippen molar-refractivity contribution in [2.45, 2.75) is 18.9 Å². The summed E-state index contributed by atoms with van der Waals surface area (Å²) in [6, 6.07) is 14.1. The van der Waals surface area contributed by atoms with E-state index in [9.17, 15) is 27.7 Å². The van der Waals surface area contributed by atoms with Crippen molar-refractivity contribution in [2.24, 2.45) is 23.5 Å². The second kappa shape index (κ2) is 12.1. The van der Waals surface area contributed by atoms with Gasteiger partial charge < -0.3 is 26.4 Å². The minimum atomic E-state index is -4.41. The number of aryl methyl sites for hydroxylation is 1. The van der Waals surface area contributed by atoms with Crippen LogP contribution in [0.1, 0.15) is 23.2 Å². The average molecular weight is 506 g/mol. The number of nitrogens with two attached hydrogens (primary N) is 2. The first kappa shape index (κ1) is 27.4. The topological polar surface area (TPSA) is 201 Å². The van der Waals surface area contributed by atoms with Gasteiger partial charge in [-0.2, -0.15) is 4.57 Å². The Labute approximate surface area is 202 Å². The molecular weight excluding hydrogens is 478 g/mol. The van der Waals surface area contributed by atoms with Crippen LogP contribution in [-0.2, 0) is 26.4 Å². The second-order valence-corrected chi connectivity index (χ2v) is 8.51. The van der Waals surface area contributed by atoms with Gasteiger partial charge in [0.05, 0.1) is 23.4 Å². The van der Waals surface area contributed by atoms with Crippen molar-refractivity contribution in [3.05, 3.63) is 54.1 Å². The number of nitrogens with one attached hydrogen (secondary N) is 1. The van der Waals surface area contributed by atoms with Gasteiger partial charge in [0.15, 0.2) is 5.96 Å². The quantitative estimate of drug-likeness (QED) is 0.0625. The summed E-state index contributed by atoms with van der Waals surface area (Å²) in [7, 11) is -1.66. The highest BCUT2D eigenvalue weighted by molar-refractivity contribution is 7.80. The molecule has 0 aliphatic rings. The highest BCUT2D eigenvalue weighted by atomic mass is 32.3. The Morgan fingerprint density at radius 1 is 1.11 bits per heavy atom. The van der Waals surface area contributed by atoms with E-state index in [0.29, 0.717) is 18.5 Å². The lowest BCUT2D eigenvalue weighted by Gasteiger charge is -2.16. The van der Waals surface area contributed by atoms with Gasteiger partial charge in [-0.3, -0.25) is 14.0 Å². The Balaban J connectivity index is 0.000000641. The maximum absolute atomic E-state index is 13.2. The fraction of sp³-hybridized carbons (Fsp3) is 0.273. The third-order valence-electron chi connectivity index (χ3n) is 5.05. The van der Waals surface area contributed by atoms with Gasteiger partial charge in [-0.1, -0.05) is 24.3 Å². The number of fused-ring (bicyclic) bond motifs is 2. The lowest BCUT2D eigenvalue weighted by molar-refractivity contribution is -0.617. The number of aliphatic carboxylic acids is 1. The molecule has 13 heteroatoms. The molecule has 0 aliphatic heterocycles. The Hall–Kier alpha value is -3.81. The number of hydrogen-bond acceptors (Lipinski definition) is 7. The van der Waals surface area contributed by atoms with E-state index in [1.807, 2.05) is 60.1 Å². The van der Waals surface area contributed by atoms with Crippen LogP contribution in [0.4, 0.5) is 0 Å². The van der Waals surface area contributed by atoms with Gasteiger partial charge in [0.1, 0.15) is 13.1 Å². The van der Waals surface area contributed by atoms with Crippen LogP contribution in [-0.4, -0.2) is 55.6 Å². The fourth-order valence-corrected chi connectivity index (χ4v) is 3.47. The first-order valence-electron chi connectivity index (χ1n) is 10.4. The van der Waals surface area contributed by atoms with Crippen molar-refractivity contribution in [3.63, 3.8) is 0 Å². The van der Waals surface area contributed by atoms with E-state index in [4.69, 9.17) is 11.5 Å². The minimum Gasteiger partial charge on any atom is -0.726 e. The van der Waals surface area contributed by atoms with Crippen LogP contribution in [0, 0.1) is 0 Å². The molecule has 0 bridgehead atoms. The number of rotatable bonds is 8. The van der Waals surface area contributed by atoms with Crippen LogP contribution in [0.3, 0.4) is 0 Å². The zero-order valence-corrected chi connectivity index (χ0v) is 20.0. The lowest BCUT2D eigenvalue weighted by atomic mass is 10.0. The molecule has 3 aromatic rings. The van der Waals surface area contributed by atoms with E-state index in [2.05, 4.69) is 14.5 Å². The third-order valence-corrected chi connectivity index (χ3v) is 5.46. The summed E-state index contributed by atoms with van der Waals surface area (Å²) in [5, 5.41) is 13.7. The van der Waals surface area contributed by atoms with Gasteiger partial charge in [-0.25, -0.2) is 13.2 Å². The summed E-state index contributed by atoms with van der Waals surface area (Å²) in [5.41, 5.74) is 12.8. The van der Waals surface area contributed by atoms with Gasteiger partial charge >= 0.3 is 5.97 Å². The van der Waals surface area contributed by atoms with Gasteiger partial charge in [0.25, 0.3) is 5.91 Å². The molecule has 0 spiro atoms. The number of aliphatic imine (C=N–C) groups is 1. The van der Waals surface area contributed by atoms with Gasteiger partial charge in [0.2, 0.25) is 21.4 Å². The highest BCUT2D eigenvalue weighted by Crippen LogP contribution is 2.24. The number of carboxylic acid groups (broad SMARTS) is 1. The minimum absolute atomic E-state index is 0.0454. The zero-order valence-electron chi connectivity index (χ0n) is 19.2. The molecule has 1 atom stereocenters. The molecule has 35 heavy (non-hydrogen) atoms. The Morgan fingerprint density at radius 3 is 2.03 bits per heavy atom. The zero-order chi connectivity index (χ0) is 26.2. The summed E-state index contributed by atoms with van der Waals surface area (Å²) in [4.78, 5) is 28.7. The third kappa shape index (κ3) is 7.60. The molecule has 1 heterocycles. The smallest absolute Gasteiger partial charge is 0.326 e. The summed E-state index contributed by atoms with van der Waals surface area (Å²) in [6.45, 7) is 0.301. The maximum atomic E-state index is 13.2. The molecule has 6 N–H and O–H groups in total. The number of guanidine groups is 1. The van der Waals surface area contributed by atoms with Gasteiger partial charge in [0, 0.05) is 18.7 Å². The molecule has 0 saturated carbocycles. The van der Waals surface area contributed by atoms with Crippen molar-refractivity contribution in [1.82, 2.24) is 5.32 Å². The molecule has 0 fully saturated rings. The summed E-state index contributed by atoms with van der Waals surface area (Å²) in [6.07, 6.45) is 0.648. The molecule has 3 rings (SSSR count). The Kier molecular flexibility index (Phi) is 9.45. The number of hydrogen-bond donors (Lipinski definition) is 4. The van der Waals surface area contributed by atoms with E-state index in [-0.39, 0.29) is 12.4 Å². The maximum Gasteiger partial charge on any atom is 0.326 e. The van der Waals surface area contributed by atoms with Crippen molar-refractivity contribution >= 4 is 50.0 Å². The number of para-hydroxylation sites is 2. The fourth-order valence-electron chi connectivity index (χ4n) is 3.47. The first-order chi connectivity index (χ1) is 16.5. The predicted molar refractivity (Wildman–Crippen MR) is 128 cm³/mol. The molecule has 0 saturated heterocycles. The van der Waals surface area contributed by atoms with Crippen molar-refractivity contribution < 1.29 is 36.4 Å². The normalized spacial score (nSPS) is 11.9. The first-order valence-corrected chi connectivity index (χ1v) is 11.7. The summed E-state index contributed by atoms with van der Waals surface area (Å²) < 4.78 is 33.0. The number of nitrogens with zero attached hydrogens (tertiary/aromatic N) is 2. The van der Waals surface area contributed by atoms with Crippen LogP contribution in [0.5, 0.6) is 0 Å². The van der Waals surface area contributed by atoms with E-state index < -0.39 is 28.3 Å². The number of carboxylic acids is 1. The molecule has 0 radical (unpaired) electrons. The van der Waals surface area contributed by atoms with E-state index in [1.165, 1.54) is 0 Å². The Bertz CT molecular complexity index is 1300. The number of carbonyl (C=O) groups is 2. The van der Waals surface area contributed by atoms with Crippen molar-refractivity contribution in [2.75, 3.05) is 13.7 Å². The molecule has 0 aliphatic carbocycles. The van der Waals surface area contributed by atoms with Crippen LogP contribution in [0.15, 0.2) is 53.5 Å². The average Bonchev–Trinajstić information content (AvgIpc) is 2.81. The Morgan fingerprint density at radius 2 is 1.60 bits per heavy atom. The SMILES string of the molecule is COS(=O)(=O)[O-].C[n+]1c2ccccc2c(C(=O)NC(CCCN=C(N)N)C(=O)O)c2ccccc21. The van der Waals surface area contributed by atoms with Crippen LogP contribution in [0.25, 0.3) is 21.8 Å². The van der Waals surface area contributed by atoms with Crippen LogP contribution < -0.4 is 21.4 Å². The van der Waals surface area contributed by atoms with Crippen molar-refractivity contribution in [1.29, 1.82) is 0 Å². The molecule has 1 amide bonds. The van der Waals surface area contributed by atoms with E-state index >= 15 is 0 Å². The van der Waals surface area contributed by atoms with Gasteiger partial charge in [-0.05, 0) is 25.0 Å². The van der Waals surface area contributed by atoms with Crippen LogP contribution in [0.2, 0.25) is 0 Å². The molecule has 1 unspecified atom stereocenters. The molecule has 188 valence electrons. The number of amides is 1. The highest BCUT2D eigenvalue weighted by Gasteiger charge is 2.26. The second-order valence-electron chi connectivity index (χ2n) is 7.36. The summed E-state index contributed by atoms with van der Waals surface area (Å²) in [5.74, 6) is -1.57. The largest absolute Gasteiger partial charge is 0.726 e. The molecular formula is C22H27N5O7S. The number of aromatic nitrogens is 1. The predicted octanol–water partition coefficient (Wildman–Crippen LogP) is 0.147. The van der Waals surface area contributed by atoms with E-state index in [0.717, 1.165) is 28.9 Å². The molecule has 1 aromatic heterocycles. The number of carbonyl (C=O) groups excluding carboxylic acids is 1. The monoisotopic (exact) mass is 505 g/mol. The van der Waals surface area contributed by atoms with Crippen molar-refractivity contribution in [3.8, 4) is 0 Å².